The molecule has 1 aliphatic rings. The lowest BCUT2D eigenvalue weighted by molar-refractivity contribution is 0.301. The summed E-state index contributed by atoms with van der Waals surface area (Å²) in [7, 11) is 0. The molecule has 1 N–H and O–H groups in total. The van der Waals surface area contributed by atoms with Gasteiger partial charge in [0.05, 0.1) is 6.61 Å². The molecule has 0 amide bonds. The van der Waals surface area contributed by atoms with Gasteiger partial charge in [-0.15, -0.1) is 0 Å². The third-order valence-corrected chi connectivity index (χ3v) is 5.19. The van der Waals surface area contributed by atoms with Crippen molar-refractivity contribution < 1.29 is 9.13 Å². The molecule has 0 atom stereocenters. The van der Waals surface area contributed by atoms with E-state index in [-0.39, 0.29) is 5.82 Å². The molecule has 1 aliphatic heterocycles. The van der Waals surface area contributed by atoms with Crippen molar-refractivity contribution in [3.05, 3.63) is 64.0 Å². The molecular weight excluding hydrogens is 383 g/mol. The fraction of sp³-hybridized carbons (Fsp3) is 0.300. The highest BCUT2D eigenvalue weighted by Gasteiger charge is 2.19. The lowest BCUT2D eigenvalue weighted by atomic mass is 10.1. The van der Waals surface area contributed by atoms with Crippen molar-refractivity contribution in [1.82, 2.24) is 9.88 Å². The smallest absolute Gasteiger partial charge is 0.123 e. The van der Waals surface area contributed by atoms with E-state index in [0.717, 1.165) is 36.9 Å². The Hall–Kier alpha value is -1.85. The molecule has 0 saturated heterocycles. The van der Waals surface area contributed by atoms with Crippen molar-refractivity contribution in [2.24, 2.45) is 0 Å². The molecule has 0 unspecified atom stereocenters. The minimum Gasteiger partial charge on any atom is -0.494 e. The van der Waals surface area contributed by atoms with Crippen LogP contribution in [0.2, 0.25) is 0 Å². The number of ether oxygens (including phenoxy) is 1. The van der Waals surface area contributed by atoms with E-state index >= 15 is 0 Å². The summed E-state index contributed by atoms with van der Waals surface area (Å²) in [4.78, 5) is 0. The maximum absolute atomic E-state index is 12.9. The number of aromatic nitrogens is 1. The minimum atomic E-state index is -0.238. The number of benzene rings is 2. The van der Waals surface area contributed by atoms with Crippen molar-refractivity contribution in [1.29, 1.82) is 0 Å². The van der Waals surface area contributed by atoms with E-state index in [9.17, 15) is 4.39 Å². The largest absolute Gasteiger partial charge is 0.494 e. The Balaban J connectivity index is 1.50. The monoisotopic (exact) mass is 402 g/mol. The summed E-state index contributed by atoms with van der Waals surface area (Å²) >= 11 is 3.59. The molecule has 0 aliphatic carbocycles. The van der Waals surface area contributed by atoms with Crippen LogP contribution in [0.4, 0.5) is 4.39 Å². The van der Waals surface area contributed by atoms with Gasteiger partial charge in [0.2, 0.25) is 0 Å². The molecule has 0 bridgehead atoms. The Labute approximate surface area is 154 Å². The summed E-state index contributed by atoms with van der Waals surface area (Å²) in [6.07, 6.45) is 1.97. The van der Waals surface area contributed by atoms with E-state index in [1.165, 1.54) is 34.3 Å². The van der Waals surface area contributed by atoms with E-state index in [2.05, 4.69) is 44.0 Å². The molecule has 2 heterocycles. The Morgan fingerprint density at radius 1 is 1.16 bits per heavy atom. The number of nitrogens with one attached hydrogen (secondary N) is 1. The normalized spacial score (nSPS) is 13.8. The summed E-state index contributed by atoms with van der Waals surface area (Å²) < 4.78 is 22.2. The van der Waals surface area contributed by atoms with Gasteiger partial charge in [-0.3, -0.25) is 0 Å². The van der Waals surface area contributed by atoms with E-state index in [0.29, 0.717) is 12.4 Å². The second kappa shape index (κ2) is 7.18. The maximum Gasteiger partial charge on any atom is 0.123 e. The molecule has 3 aromatic rings. The Bertz CT molecular complexity index is 889. The van der Waals surface area contributed by atoms with Gasteiger partial charge in [0.1, 0.15) is 11.6 Å². The highest BCUT2D eigenvalue weighted by molar-refractivity contribution is 9.10. The minimum absolute atomic E-state index is 0.238. The van der Waals surface area contributed by atoms with Crippen LogP contribution in [0.5, 0.6) is 5.75 Å². The highest BCUT2D eigenvalue weighted by Crippen LogP contribution is 2.31. The van der Waals surface area contributed by atoms with Crippen LogP contribution in [0.15, 0.2) is 46.9 Å². The van der Waals surface area contributed by atoms with E-state index in [1.807, 2.05) is 0 Å². The first-order chi connectivity index (χ1) is 12.2. The van der Waals surface area contributed by atoms with Gasteiger partial charge >= 0.3 is 0 Å². The van der Waals surface area contributed by atoms with Crippen LogP contribution in [0.25, 0.3) is 10.9 Å². The van der Waals surface area contributed by atoms with Crippen LogP contribution in [0, 0.1) is 5.82 Å². The van der Waals surface area contributed by atoms with Gasteiger partial charge in [-0.25, -0.2) is 4.39 Å². The van der Waals surface area contributed by atoms with Gasteiger partial charge in [-0.1, -0.05) is 15.9 Å². The number of fused-ring (bicyclic) bond motifs is 3. The number of nitrogens with zero attached hydrogens (tertiary/aromatic N) is 1. The number of aryl methyl sites for hydroxylation is 1. The summed E-state index contributed by atoms with van der Waals surface area (Å²) in [6, 6.07) is 12.7. The van der Waals surface area contributed by atoms with Crippen LogP contribution in [0.1, 0.15) is 17.7 Å². The topological polar surface area (TPSA) is 26.2 Å². The van der Waals surface area contributed by atoms with Crippen LogP contribution >= 0.6 is 15.9 Å². The molecule has 25 heavy (non-hydrogen) atoms. The van der Waals surface area contributed by atoms with Crippen molar-refractivity contribution in [2.45, 2.75) is 25.9 Å². The van der Waals surface area contributed by atoms with Crippen molar-refractivity contribution in [3.63, 3.8) is 0 Å². The highest BCUT2D eigenvalue weighted by atomic mass is 79.9. The van der Waals surface area contributed by atoms with Crippen molar-refractivity contribution >= 4 is 26.8 Å². The van der Waals surface area contributed by atoms with Gasteiger partial charge in [-0.05, 0) is 54.4 Å². The third kappa shape index (κ3) is 3.44. The van der Waals surface area contributed by atoms with Gasteiger partial charge in [-0.2, -0.15) is 0 Å². The molecule has 130 valence electrons. The predicted octanol–water partition coefficient (Wildman–Crippen LogP) is 4.66. The van der Waals surface area contributed by atoms with E-state index in [4.69, 9.17) is 4.74 Å². The lowest BCUT2D eigenvalue weighted by Gasteiger charge is -2.17. The van der Waals surface area contributed by atoms with Crippen LogP contribution in [-0.4, -0.2) is 17.7 Å². The quantitative estimate of drug-likeness (QED) is 0.628. The molecule has 2 aromatic carbocycles. The first-order valence-electron chi connectivity index (χ1n) is 8.61. The van der Waals surface area contributed by atoms with Gasteiger partial charge in [0.25, 0.3) is 0 Å². The number of halogens is 2. The number of hydrogen-bond acceptors (Lipinski definition) is 2. The van der Waals surface area contributed by atoms with E-state index < -0.39 is 0 Å². The molecule has 0 fully saturated rings. The van der Waals surface area contributed by atoms with Crippen LogP contribution in [0.3, 0.4) is 0 Å². The van der Waals surface area contributed by atoms with Gasteiger partial charge in [0, 0.05) is 47.1 Å². The van der Waals surface area contributed by atoms with Crippen molar-refractivity contribution in [3.8, 4) is 5.75 Å². The standard InChI is InChI=1S/C20H20BrFN2O/c21-14-2-7-19-17(12-14)18-13-23-9-8-20(18)24(19)10-1-11-25-16-5-3-15(22)4-6-16/h2-7,12,23H,1,8-11,13H2. The molecular formula is C20H20BrFN2O. The zero-order valence-corrected chi connectivity index (χ0v) is 15.5. The van der Waals surface area contributed by atoms with Crippen molar-refractivity contribution in [2.75, 3.05) is 13.2 Å². The SMILES string of the molecule is Fc1ccc(OCCCn2c3c(c4cc(Br)ccc42)CNCC3)cc1. The zero-order chi connectivity index (χ0) is 17.2. The zero-order valence-electron chi connectivity index (χ0n) is 13.9. The fourth-order valence-electron chi connectivity index (χ4n) is 3.55. The Morgan fingerprint density at radius 3 is 2.84 bits per heavy atom. The van der Waals surface area contributed by atoms with Crippen LogP contribution < -0.4 is 10.1 Å². The summed E-state index contributed by atoms with van der Waals surface area (Å²) in [5.74, 6) is 0.478. The Kier molecular flexibility index (Phi) is 4.77. The summed E-state index contributed by atoms with van der Waals surface area (Å²) in [5, 5.41) is 4.80. The van der Waals surface area contributed by atoms with Gasteiger partial charge < -0.3 is 14.6 Å². The van der Waals surface area contributed by atoms with E-state index in [1.54, 1.807) is 12.1 Å². The lowest BCUT2D eigenvalue weighted by Crippen LogP contribution is -2.24. The second-order valence-corrected chi connectivity index (χ2v) is 7.24. The molecule has 4 rings (SSSR count). The van der Waals surface area contributed by atoms with Gasteiger partial charge in [0.15, 0.2) is 0 Å². The molecule has 0 saturated carbocycles. The predicted molar refractivity (Wildman–Crippen MR) is 102 cm³/mol. The molecule has 5 heteroatoms. The summed E-state index contributed by atoms with van der Waals surface area (Å²) in [6.45, 7) is 3.50. The average molecular weight is 403 g/mol. The maximum atomic E-state index is 12.9. The fourth-order valence-corrected chi connectivity index (χ4v) is 3.91. The summed E-state index contributed by atoms with van der Waals surface area (Å²) in [5.41, 5.74) is 4.15. The average Bonchev–Trinajstić information content (AvgIpc) is 2.94. The van der Waals surface area contributed by atoms with Crippen LogP contribution in [-0.2, 0) is 19.5 Å². The molecule has 3 nitrogen and oxygen atoms in total. The second-order valence-electron chi connectivity index (χ2n) is 6.32. The molecule has 0 radical (unpaired) electrons. The first-order valence-corrected chi connectivity index (χ1v) is 9.40. The third-order valence-electron chi connectivity index (χ3n) is 4.70. The first kappa shape index (κ1) is 16.6. The number of hydrogen-bond donors (Lipinski definition) is 1. The Morgan fingerprint density at radius 2 is 2.00 bits per heavy atom. The number of rotatable bonds is 5. The molecule has 0 spiro atoms. The molecule has 1 aromatic heterocycles.